The molecule has 0 fully saturated rings. The lowest BCUT2D eigenvalue weighted by molar-refractivity contribution is -0.384. The summed E-state index contributed by atoms with van der Waals surface area (Å²) in [6, 6.07) is 21.0. The third kappa shape index (κ3) is 5.38. The van der Waals surface area contributed by atoms with Crippen LogP contribution in [0.25, 0.3) is 23.1 Å². The Balaban J connectivity index is 1.55. The molecular formula is C32H21ClFN3O6S. The molecule has 0 aliphatic carbocycles. The lowest BCUT2D eigenvalue weighted by Gasteiger charge is -2.25. The van der Waals surface area contributed by atoms with Crippen LogP contribution in [-0.4, -0.2) is 22.1 Å². The zero-order valence-electron chi connectivity index (χ0n) is 22.9. The first-order valence-electron chi connectivity index (χ1n) is 13.3. The molecule has 220 valence electrons. The predicted octanol–water partition coefficient (Wildman–Crippen LogP) is 5.90. The molecule has 0 radical (unpaired) electrons. The summed E-state index contributed by atoms with van der Waals surface area (Å²) in [5.74, 6) is -0.645. The van der Waals surface area contributed by atoms with E-state index >= 15 is 0 Å². The normalized spacial score (nSPS) is 14.7. The standard InChI is InChI=1S/C32H21ClFN3O6S/c1-2-42-31(39)27-28(18-6-4-3-5-7-18)35-32-36(29(27)19-8-11-21(34)12-9-19)30(38)26(44-32)17-22-13-15-25(43-22)23-14-10-20(33)16-24(23)37(40)41/h3-17,29H,2H2,1H3/b26-17-/t29-/m0/s1. The molecule has 9 nitrogen and oxygen atoms in total. The molecule has 6 rings (SSSR count). The fraction of sp³-hybridized carbons (Fsp3) is 0.0938. The topological polar surface area (TPSA) is 117 Å². The molecule has 1 aliphatic heterocycles. The number of carbonyl (C=O) groups is 1. The van der Waals surface area contributed by atoms with Gasteiger partial charge in [0.25, 0.3) is 11.2 Å². The summed E-state index contributed by atoms with van der Waals surface area (Å²) >= 11 is 7.03. The Morgan fingerprint density at radius 2 is 1.89 bits per heavy atom. The maximum Gasteiger partial charge on any atom is 0.338 e. The Kier molecular flexibility index (Phi) is 7.81. The lowest BCUT2D eigenvalue weighted by Crippen LogP contribution is -2.40. The molecule has 12 heteroatoms. The Morgan fingerprint density at radius 3 is 2.59 bits per heavy atom. The minimum absolute atomic E-state index is 0.0948. The maximum absolute atomic E-state index is 14.0. The van der Waals surface area contributed by atoms with Gasteiger partial charge in [-0.15, -0.1) is 0 Å². The van der Waals surface area contributed by atoms with Gasteiger partial charge in [0, 0.05) is 22.7 Å². The van der Waals surface area contributed by atoms with Crippen molar-refractivity contribution in [2.75, 3.05) is 6.61 Å². The second-order valence-corrected chi connectivity index (χ2v) is 11.0. The summed E-state index contributed by atoms with van der Waals surface area (Å²) < 4.78 is 26.9. The van der Waals surface area contributed by atoms with Gasteiger partial charge in [-0.1, -0.05) is 65.4 Å². The van der Waals surface area contributed by atoms with E-state index in [-0.39, 0.29) is 44.5 Å². The highest BCUT2D eigenvalue weighted by atomic mass is 35.5. The van der Waals surface area contributed by atoms with Crippen LogP contribution in [0.1, 0.15) is 29.9 Å². The fourth-order valence-corrected chi connectivity index (χ4v) is 6.12. The summed E-state index contributed by atoms with van der Waals surface area (Å²) in [4.78, 5) is 43.6. The highest BCUT2D eigenvalue weighted by molar-refractivity contribution is 7.07. The van der Waals surface area contributed by atoms with Crippen molar-refractivity contribution >= 4 is 46.4 Å². The van der Waals surface area contributed by atoms with Crippen molar-refractivity contribution in [1.29, 1.82) is 0 Å². The summed E-state index contributed by atoms with van der Waals surface area (Å²) in [6.45, 7) is 1.77. The smallest absolute Gasteiger partial charge is 0.338 e. The first kappa shape index (κ1) is 29.0. The van der Waals surface area contributed by atoms with Crippen molar-refractivity contribution in [3.8, 4) is 11.3 Å². The average molecular weight is 630 g/mol. The first-order chi connectivity index (χ1) is 21.2. The van der Waals surface area contributed by atoms with Crippen molar-refractivity contribution in [2.24, 2.45) is 4.99 Å². The van der Waals surface area contributed by atoms with Gasteiger partial charge in [0.2, 0.25) is 0 Å². The third-order valence-corrected chi connectivity index (χ3v) is 8.10. The van der Waals surface area contributed by atoms with E-state index in [1.54, 1.807) is 31.2 Å². The summed E-state index contributed by atoms with van der Waals surface area (Å²) in [5.41, 5.74) is 1.13. The number of rotatable bonds is 7. The number of carbonyl (C=O) groups excluding carboxylic acids is 1. The number of furan rings is 1. The number of nitro benzene ring substituents is 1. The molecule has 3 heterocycles. The Morgan fingerprint density at radius 1 is 1.14 bits per heavy atom. The lowest BCUT2D eigenvalue weighted by atomic mass is 9.93. The molecular weight excluding hydrogens is 609 g/mol. The minimum atomic E-state index is -0.966. The Hall–Kier alpha value is -5.13. The fourth-order valence-electron chi connectivity index (χ4n) is 4.97. The van der Waals surface area contributed by atoms with E-state index in [0.29, 0.717) is 21.6 Å². The molecule has 0 unspecified atom stereocenters. The van der Waals surface area contributed by atoms with E-state index in [1.165, 1.54) is 53.1 Å². The van der Waals surface area contributed by atoms with E-state index in [4.69, 9.17) is 25.7 Å². The number of thiazole rings is 1. The molecule has 0 amide bonds. The van der Waals surface area contributed by atoms with Gasteiger partial charge in [-0.2, -0.15) is 0 Å². The van der Waals surface area contributed by atoms with Crippen LogP contribution in [-0.2, 0) is 9.53 Å². The molecule has 44 heavy (non-hydrogen) atoms. The zero-order chi connectivity index (χ0) is 31.0. The van der Waals surface area contributed by atoms with Crippen LogP contribution in [0.3, 0.4) is 0 Å². The van der Waals surface area contributed by atoms with E-state index in [1.807, 2.05) is 18.2 Å². The predicted molar refractivity (Wildman–Crippen MR) is 163 cm³/mol. The number of nitrogens with zero attached hydrogens (tertiary/aromatic N) is 3. The van der Waals surface area contributed by atoms with Gasteiger partial charge >= 0.3 is 5.97 Å². The second kappa shape index (κ2) is 11.9. The Labute approximate surface area is 257 Å². The highest BCUT2D eigenvalue weighted by Crippen LogP contribution is 2.36. The van der Waals surface area contributed by atoms with Crippen LogP contribution < -0.4 is 14.9 Å². The number of hydrogen-bond donors (Lipinski definition) is 0. The van der Waals surface area contributed by atoms with Gasteiger partial charge in [-0.05, 0) is 48.9 Å². The maximum atomic E-state index is 14.0. The molecule has 0 N–H and O–H groups in total. The van der Waals surface area contributed by atoms with Crippen molar-refractivity contribution < 1.29 is 23.3 Å². The number of aromatic nitrogens is 1. The van der Waals surface area contributed by atoms with Crippen LogP contribution in [0.4, 0.5) is 10.1 Å². The number of hydrogen-bond acceptors (Lipinski definition) is 8. The van der Waals surface area contributed by atoms with Crippen molar-refractivity contribution in [3.05, 3.63) is 148 Å². The average Bonchev–Trinajstić information content (AvgIpc) is 3.61. The van der Waals surface area contributed by atoms with Crippen molar-refractivity contribution in [2.45, 2.75) is 13.0 Å². The molecule has 3 aromatic carbocycles. The van der Waals surface area contributed by atoms with Crippen LogP contribution in [0, 0.1) is 15.9 Å². The van der Waals surface area contributed by atoms with Crippen LogP contribution in [0.2, 0.25) is 5.02 Å². The molecule has 0 bridgehead atoms. The monoisotopic (exact) mass is 629 g/mol. The molecule has 0 saturated carbocycles. The largest absolute Gasteiger partial charge is 0.463 e. The summed E-state index contributed by atoms with van der Waals surface area (Å²) in [7, 11) is 0. The van der Waals surface area contributed by atoms with E-state index in [0.717, 1.165) is 11.3 Å². The Bertz CT molecular complexity index is 2130. The zero-order valence-corrected chi connectivity index (χ0v) is 24.5. The van der Waals surface area contributed by atoms with Gasteiger partial charge in [0.1, 0.15) is 17.3 Å². The number of halogens is 2. The van der Waals surface area contributed by atoms with Crippen molar-refractivity contribution in [1.82, 2.24) is 4.57 Å². The molecule has 0 spiro atoms. The van der Waals surface area contributed by atoms with Crippen LogP contribution in [0.15, 0.2) is 105 Å². The highest BCUT2D eigenvalue weighted by Gasteiger charge is 2.35. The molecule has 0 saturated heterocycles. The van der Waals surface area contributed by atoms with E-state index in [9.17, 15) is 24.1 Å². The number of fused-ring (bicyclic) bond motifs is 1. The third-order valence-electron chi connectivity index (χ3n) is 6.88. The molecule has 1 aliphatic rings. The number of ether oxygens (including phenoxy) is 1. The minimum Gasteiger partial charge on any atom is -0.463 e. The number of benzene rings is 3. The van der Waals surface area contributed by atoms with E-state index in [2.05, 4.69) is 0 Å². The van der Waals surface area contributed by atoms with Gasteiger partial charge in [-0.25, -0.2) is 14.2 Å². The second-order valence-electron chi connectivity index (χ2n) is 9.60. The van der Waals surface area contributed by atoms with Gasteiger partial charge in [-0.3, -0.25) is 19.5 Å². The van der Waals surface area contributed by atoms with Gasteiger partial charge < -0.3 is 9.15 Å². The van der Waals surface area contributed by atoms with E-state index < -0.39 is 28.3 Å². The molecule has 5 aromatic rings. The van der Waals surface area contributed by atoms with Crippen molar-refractivity contribution in [3.63, 3.8) is 0 Å². The van der Waals surface area contributed by atoms with Crippen LogP contribution in [0.5, 0.6) is 0 Å². The van der Waals surface area contributed by atoms with Crippen LogP contribution >= 0.6 is 22.9 Å². The van der Waals surface area contributed by atoms with Gasteiger partial charge in [0.15, 0.2) is 4.80 Å². The quantitative estimate of drug-likeness (QED) is 0.126. The summed E-state index contributed by atoms with van der Waals surface area (Å²) in [6.07, 6.45) is 1.51. The van der Waals surface area contributed by atoms with Gasteiger partial charge in [0.05, 0.1) is 38.9 Å². The molecule has 2 aromatic heterocycles. The summed E-state index contributed by atoms with van der Waals surface area (Å²) in [5, 5.41) is 11.8. The number of nitro groups is 1. The molecule has 1 atom stereocenters. The first-order valence-corrected chi connectivity index (χ1v) is 14.5. The number of esters is 1. The SMILES string of the molecule is CCOC(=O)C1=C(c2ccccc2)N=c2s/c(=C\c3ccc(-c4ccc(Cl)cc4[N+](=O)[O-])o3)c(=O)n2[C@H]1c1ccc(F)cc1.